The topological polar surface area (TPSA) is 32.7 Å². The first-order valence-electron chi connectivity index (χ1n) is 6.58. The van der Waals surface area contributed by atoms with Crippen molar-refractivity contribution in [3.8, 4) is 0 Å². The van der Waals surface area contributed by atoms with Gasteiger partial charge in [-0.05, 0) is 32.0 Å². The van der Waals surface area contributed by atoms with Crippen LogP contribution in [0.4, 0.5) is 13.2 Å². The summed E-state index contributed by atoms with van der Waals surface area (Å²) in [6.07, 6.45) is 0.245. The highest BCUT2D eigenvalue weighted by atomic mass is 19.2. The number of hydrogen-bond acceptors (Lipinski definition) is 3. The lowest BCUT2D eigenvalue weighted by Gasteiger charge is -2.50. The van der Waals surface area contributed by atoms with Crippen molar-refractivity contribution in [1.29, 1.82) is 0 Å². The van der Waals surface area contributed by atoms with E-state index in [0.29, 0.717) is 13.2 Å². The van der Waals surface area contributed by atoms with Gasteiger partial charge in [0.2, 0.25) is 0 Å². The van der Waals surface area contributed by atoms with Crippen molar-refractivity contribution in [2.45, 2.75) is 30.5 Å². The zero-order valence-electron chi connectivity index (χ0n) is 11.1. The Morgan fingerprint density at radius 2 is 1.70 bits per heavy atom. The van der Waals surface area contributed by atoms with Crippen LogP contribution < -0.4 is 0 Å². The average molecular weight is 287 g/mol. The zero-order chi connectivity index (χ0) is 14.5. The smallest absolute Gasteiger partial charge is 0.167 e. The van der Waals surface area contributed by atoms with Gasteiger partial charge >= 0.3 is 0 Å². The molecule has 1 aromatic carbocycles. The lowest BCUT2D eigenvalue weighted by atomic mass is 9.76. The van der Waals surface area contributed by atoms with Crippen molar-refractivity contribution in [3.63, 3.8) is 0 Å². The van der Waals surface area contributed by atoms with Crippen LogP contribution in [0, 0.1) is 17.5 Å². The van der Waals surface area contributed by atoms with E-state index < -0.39 is 28.6 Å². The molecule has 110 valence electrons. The second-order valence-electron chi connectivity index (χ2n) is 5.67. The molecule has 2 fully saturated rings. The fourth-order valence-corrected chi connectivity index (χ4v) is 3.30. The van der Waals surface area contributed by atoms with E-state index in [9.17, 15) is 18.3 Å². The number of rotatable bonds is 1. The minimum Gasteiger partial charge on any atom is -0.385 e. The Labute approximate surface area is 115 Å². The first kappa shape index (κ1) is 13.9. The van der Waals surface area contributed by atoms with Gasteiger partial charge in [0.05, 0.1) is 24.4 Å². The van der Waals surface area contributed by atoms with Crippen LogP contribution in [-0.2, 0) is 10.3 Å². The maximum atomic E-state index is 13.9. The van der Waals surface area contributed by atoms with E-state index in [-0.39, 0.29) is 24.9 Å². The third-order valence-corrected chi connectivity index (χ3v) is 4.43. The first-order valence-corrected chi connectivity index (χ1v) is 6.58. The molecule has 2 unspecified atom stereocenters. The molecule has 2 aliphatic rings. The van der Waals surface area contributed by atoms with Crippen LogP contribution in [0.3, 0.4) is 0 Å². The molecule has 0 spiro atoms. The number of piperidine rings is 1. The largest absolute Gasteiger partial charge is 0.385 e. The minimum absolute atomic E-state index is 0.122. The summed E-state index contributed by atoms with van der Waals surface area (Å²) >= 11 is 0. The summed E-state index contributed by atoms with van der Waals surface area (Å²) in [7, 11) is 1.90. The standard InChI is InChI=1S/C14H16F3NO2/c1-18-8-4-14(19,5-9(18)7-20-6-8)12-10(15)2-3-11(16)13(12)17/h2-3,8-9,19H,4-7H2,1H3. The summed E-state index contributed by atoms with van der Waals surface area (Å²) in [6.45, 7) is 0.793. The lowest BCUT2D eigenvalue weighted by Crippen LogP contribution is -2.59. The fraction of sp³-hybridized carbons (Fsp3) is 0.571. The molecule has 0 saturated carbocycles. The Hall–Kier alpha value is -1.11. The number of fused-ring (bicyclic) bond motifs is 2. The molecule has 1 aromatic rings. The molecule has 0 amide bonds. The third-order valence-electron chi connectivity index (χ3n) is 4.43. The van der Waals surface area contributed by atoms with Crippen LogP contribution in [0.1, 0.15) is 18.4 Å². The van der Waals surface area contributed by atoms with Crippen molar-refractivity contribution in [3.05, 3.63) is 35.1 Å². The molecule has 2 aliphatic heterocycles. The van der Waals surface area contributed by atoms with E-state index in [0.717, 1.165) is 12.1 Å². The van der Waals surface area contributed by atoms with E-state index in [1.54, 1.807) is 0 Å². The van der Waals surface area contributed by atoms with Gasteiger partial charge in [-0.2, -0.15) is 0 Å². The molecule has 2 atom stereocenters. The maximum Gasteiger partial charge on any atom is 0.167 e. The van der Waals surface area contributed by atoms with Gasteiger partial charge < -0.3 is 9.84 Å². The zero-order valence-corrected chi connectivity index (χ0v) is 11.1. The third kappa shape index (κ3) is 2.03. The summed E-state index contributed by atoms with van der Waals surface area (Å²) in [5.41, 5.74) is -2.25. The Kier molecular flexibility index (Phi) is 3.27. The number of halogens is 3. The number of morpholine rings is 1. The van der Waals surface area contributed by atoms with Crippen molar-refractivity contribution >= 4 is 0 Å². The Morgan fingerprint density at radius 1 is 1.15 bits per heavy atom. The Balaban J connectivity index is 2.03. The summed E-state index contributed by atoms with van der Waals surface area (Å²) < 4.78 is 46.6. The molecule has 2 saturated heterocycles. The van der Waals surface area contributed by atoms with Crippen molar-refractivity contribution < 1.29 is 23.0 Å². The second kappa shape index (κ2) is 4.72. The SMILES string of the molecule is CN1C2COCC1CC(O)(c1c(F)ccc(F)c1F)C2. The van der Waals surface area contributed by atoms with E-state index in [1.807, 2.05) is 11.9 Å². The lowest BCUT2D eigenvalue weighted by molar-refractivity contribution is -0.140. The van der Waals surface area contributed by atoms with Crippen LogP contribution in [0.25, 0.3) is 0 Å². The molecule has 20 heavy (non-hydrogen) atoms. The van der Waals surface area contributed by atoms with Gasteiger partial charge in [-0.3, -0.25) is 4.90 Å². The summed E-state index contributed by atoms with van der Waals surface area (Å²) in [5.74, 6) is -3.35. The molecular weight excluding hydrogens is 271 g/mol. The molecule has 3 nitrogen and oxygen atoms in total. The molecular formula is C14H16F3NO2. The van der Waals surface area contributed by atoms with Gasteiger partial charge in [0, 0.05) is 12.1 Å². The van der Waals surface area contributed by atoms with Crippen LogP contribution in [-0.4, -0.2) is 42.4 Å². The highest BCUT2D eigenvalue weighted by Gasteiger charge is 2.48. The Morgan fingerprint density at radius 3 is 2.30 bits per heavy atom. The van der Waals surface area contributed by atoms with Crippen LogP contribution >= 0.6 is 0 Å². The van der Waals surface area contributed by atoms with E-state index in [4.69, 9.17) is 4.74 Å². The van der Waals surface area contributed by atoms with Crippen LogP contribution in [0.15, 0.2) is 12.1 Å². The van der Waals surface area contributed by atoms with Gasteiger partial charge in [-0.1, -0.05) is 0 Å². The fourth-order valence-electron chi connectivity index (χ4n) is 3.30. The second-order valence-corrected chi connectivity index (χ2v) is 5.67. The van der Waals surface area contributed by atoms with Crippen molar-refractivity contribution in [2.75, 3.05) is 20.3 Å². The summed E-state index contributed by atoms with van der Waals surface area (Å²) in [6, 6.07) is 1.33. The molecule has 0 radical (unpaired) electrons. The predicted molar refractivity (Wildman–Crippen MR) is 65.6 cm³/mol. The monoisotopic (exact) mass is 287 g/mol. The van der Waals surface area contributed by atoms with Gasteiger partial charge in [-0.25, -0.2) is 13.2 Å². The molecule has 2 heterocycles. The van der Waals surface area contributed by atoms with Crippen molar-refractivity contribution in [1.82, 2.24) is 4.90 Å². The number of nitrogens with zero attached hydrogens (tertiary/aromatic N) is 1. The average Bonchev–Trinajstić information content (AvgIpc) is 2.37. The van der Waals surface area contributed by atoms with Crippen LogP contribution in [0.2, 0.25) is 0 Å². The highest BCUT2D eigenvalue weighted by Crippen LogP contribution is 2.42. The number of ether oxygens (including phenoxy) is 1. The summed E-state index contributed by atoms with van der Waals surface area (Å²) in [4.78, 5) is 2.05. The molecule has 3 rings (SSSR count). The first-order chi connectivity index (χ1) is 9.42. The summed E-state index contributed by atoms with van der Waals surface area (Å²) in [5, 5.41) is 10.7. The molecule has 0 aliphatic carbocycles. The van der Waals surface area contributed by atoms with Crippen molar-refractivity contribution in [2.24, 2.45) is 0 Å². The quantitative estimate of drug-likeness (QED) is 0.799. The van der Waals surface area contributed by atoms with Gasteiger partial charge in [-0.15, -0.1) is 0 Å². The van der Waals surface area contributed by atoms with E-state index in [1.165, 1.54) is 0 Å². The van der Waals surface area contributed by atoms with Gasteiger partial charge in [0.1, 0.15) is 5.82 Å². The van der Waals surface area contributed by atoms with E-state index >= 15 is 0 Å². The van der Waals surface area contributed by atoms with E-state index in [2.05, 4.69) is 0 Å². The normalized spacial score (nSPS) is 34.2. The highest BCUT2D eigenvalue weighted by molar-refractivity contribution is 5.29. The number of likely N-dealkylation sites (N-methyl/N-ethyl adjacent to an activating group) is 1. The number of benzene rings is 1. The van der Waals surface area contributed by atoms with Gasteiger partial charge in [0.25, 0.3) is 0 Å². The van der Waals surface area contributed by atoms with Crippen LogP contribution in [0.5, 0.6) is 0 Å². The number of hydrogen-bond donors (Lipinski definition) is 1. The minimum atomic E-state index is -1.69. The molecule has 1 N–H and O–H groups in total. The number of aliphatic hydroxyl groups is 1. The molecule has 0 aromatic heterocycles. The Bertz CT molecular complexity index is 523. The predicted octanol–water partition coefficient (Wildman–Crippen LogP) is 1.78. The molecule has 6 heteroatoms. The molecule has 2 bridgehead atoms. The van der Waals surface area contributed by atoms with Gasteiger partial charge in [0.15, 0.2) is 11.6 Å². The maximum absolute atomic E-state index is 13.9.